The van der Waals surface area contributed by atoms with Crippen molar-refractivity contribution in [2.45, 2.75) is 25.8 Å². The number of likely N-dealkylation sites (tertiary alicyclic amines) is 1. The number of nitrogens with zero attached hydrogens (tertiary/aromatic N) is 3. The van der Waals surface area contributed by atoms with Gasteiger partial charge in [0.2, 0.25) is 17.6 Å². The van der Waals surface area contributed by atoms with Gasteiger partial charge >= 0.3 is 0 Å². The molecule has 0 spiro atoms. The summed E-state index contributed by atoms with van der Waals surface area (Å²) in [5, 5.41) is 4.75. The minimum absolute atomic E-state index is 0.0723. The van der Waals surface area contributed by atoms with Crippen LogP contribution in [0.4, 0.5) is 0 Å². The van der Waals surface area contributed by atoms with Gasteiger partial charge in [0.15, 0.2) is 0 Å². The summed E-state index contributed by atoms with van der Waals surface area (Å²) < 4.78 is 11.0. The van der Waals surface area contributed by atoms with E-state index in [0.29, 0.717) is 42.9 Å². The molecule has 2 heterocycles. The van der Waals surface area contributed by atoms with Gasteiger partial charge < -0.3 is 14.2 Å². The van der Waals surface area contributed by atoms with Gasteiger partial charge in [0.25, 0.3) is 0 Å². The summed E-state index contributed by atoms with van der Waals surface area (Å²) in [4.78, 5) is 18.7. The van der Waals surface area contributed by atoms with E-state index in [1.165, 1.54) is 0 Å². The van der Waals surface area contributed by atoms with E-state index in [-0.39, 0.29) is 11.8 Å². The van der Waals surface area contributed by atoms with Gasteiger partial charge in [0.05, 0.1) is 12.5 Å². The number of hydrogen-bond donors (Lipinski definition) is 0. The molecule has 7 heteroatoms. The first-order valence-electron chi connectivity index (χ1n) is 9.21. The van der Waals surface area contributed by atoms with Crippen LogP contribution in [0.25, 0.3) is 11.4 Å². The number of rotatable bonds is 6. The zero-order valence-electron chi connectivity index (χ0n) is 15.5. The Hall–Kier alpha value is -2.86. The summed E-state index contributed by atoms with van der Waals surface area (Å²) in [6.07, 6.45) is 0.362. The molecule has 1 saturated heterocycles. The monoisotopic (exact) mass is 397 g/mol. The van der Waals surface area contributed by atoms with Gasteiger partial charge in [-0.2, -0.15) is 4.98 Å². The first-order chi connectivity index (χ1) is 13.6. The number of halogens is 1. The van der Waals surface area contributed by atoms with E-state index in [4.69, 9.17) is 20.9 Å². The predicted molar refractivity (Wildman–Crippen MR) is 105 cm³/mol. The van der Waals surface area contributed by atoms with E-state index in [1.807, 2.05) is 55.5 Å². The summed E-state index contributed by atoms with van der Waals surface area (Å²) in [7, 11) is 0. The number of carbonyl (C=O) groups excluding carboxylic acids is 1. The molecule has 144 valence electrons. The van der Waals surface area contributed by atoms with Crippen LogP contribution in [0.1, 0.15) is 30.7 Å². The Morgan fingerprint density at radius 3 is 2.93 bits per heavy atom. The molecule has 28 heavy (non-hydrogen) atoms. The summed E-state index contributed by atoms with van der Waals surface area (Å²) in [5.74, 6) is 1.71. The molecule has 0 saturated carbocycles. The van der Waals surface area contributed by atoms with Crippen LogP contribution in [0, 0.1) is 0 Å². The minimum atomic E-state index is -0.108. The Morgan fingerprint density at radius 1 is 1.25 bits per heavy atom. The van der Waals surface area contributed by atoms with E-state index in [0.717, 1.165) is 16.9 Å². The Labute approximate surface area is 168 Å². The molecular formula is C21H20ClN3O3. The molecule has 1 aliphatic heterocycles. The van der Waals surface area contributed by atoms with Gasteiger partial charge in [0, 0.05) is 30.1 Å². The normalized spacial score (nSPS) is 16.6. The van der Waals surface area contributed by atoms with E-state index in [9.17, 15) is 4.79 Å². The molecule has 1 unspecified atom stereocenters. The quantitative estimate of drug-likeness (QED) is 0.620. The van der Waals surface area contributed by atoms with E-state index in [1.54, 1.807) is 4.90 Å². The lowest BCUT2D eigenvalue weighted by molar-refractivity contribution is -0.128. The molecule has 2 aromatic carbocycles. The maximum absolute atomic E-state index is 12.4. The van der Waals surface area contributed by atoms with Crippen molar-refractivity contribution in [2.24, 2.45) is 0 Å². The molecule has 4 rings (SSSR count). The smallest absolute Gasteiger partial charge is 0.232 e. The van der Waals surface area contributed by atoms with Crippen molar-refractivity contribution in [2.75, 3.05) is 13.2 Å². The van der Waals surface area contributed by atoms with Crippen molar-refractivity contribution in [1.29, 1.82) is 0 Å². The topological polar surface area (TPSA) is 68.5 Å². The molecule has 1 aromatic heterocycles. The molecule has 0 aliphatic carbocycles. The number of hydrogen-bond acceptors (Lipinski definition) is 5. The zero-order valence-corrected chi connectivity index (χ0v) is 16.2. The highest BCUT2D eigenvalue weighted by atomic mass is 35.5. The molecule has 1 fully saturated rings. The van der Waals surface area contributed by atoms with Crippen molar-refractivity contribution >= 4 is 17.5 Å². The lowest BCUT2D eigenvalue weighted by Crippen LogP contribution is -2.24. The second-order valence-electron chi connectivity index (χ2n) is 6.72. The Morgan fingerprint density at radius 2 is 2.11 bits per heavy atom. The summed E-state index contributed by atoms with van der Waals surface area (Å²) in [6, 6.07) is 15.1. The van der Waals surface area contributed by atoms with E-state index >= 15 is 0 Å². The lowest BCUT2D eigenvalue weighted by Gasteiger charge is -2.16. The Bertz CT molecular complexity index is 988. The first-order valence-corrected chi connectivity index (χ1v) is 9.59. The fraction of sp³-hybridized carbons (Fsp3) is 0.286. The molecular weight excluding hydrogens is 378 g/mol. The van der Waals surface area contributed by atoms with Crippen LogP contribution < -0.4 is 4.74 Å². The predicted octanol–water partition coefficient (Wildman–Crippen LogP) is 4.30. The molecule has 1 atom stereocenters. The molecule has 0 radical (unpaired) electrons. The SMILES string of the molecule is CCOc1cccc(-c2noc(C3CC(=O)N(Cc4cccc(Cl)c4)C3)n2)c1. The second kappa shape index (κ2) is 8.02. The molecule has 0 N–H and O–H groups in total. The fourth-order valence-corrected chi connectivity index (χ4v) is 3.57. The van der Waals surface area contributed by atoms with Crippen LogP contribution in [0.15, 0.2) is 53.1 Å². The zero-order chi connectivity index (χ0) is 19.5. The van der Waals surface area contributed by atoms with Gasteiger partial charge in [-0.1, -0.05) is 41.0 Å². The van der Waals surface area contributed by atoms with Crippen LogP contribution in [0.5, 0.6) is 5.75 Å². The van der Waals surface area contributed by atoms with Crippen molar-refractivity contribution in [3.8, 4) is 17.1 Å². The third-order valence-corrected chi connectivity index (χ3v) is 4.91. The van der Waals surface area contributed by atoms with E-state index < -0.39 is 0 Å². The maximum Gasteiger partial charge on any atom is 0.232 e. The van der Waals surface area contributed by atoms with Crippen molar-refractivity contribution in [1.82, 2.24) is 15.0 Å². The maximum atomic E-state index is 12.4. The van der Waals surface area contributed by atoms with Gasteiger partial charge in [-0.25, -0.2) is 0 Å². The van der Waals surface area contributed by atoms with Crippen molar-refractivity contribution < 1.29 is 14.1 Å². The molecule has 0 bridgehead atoms. The summed E-state index contributed by atoms with van der Waals surface area (Å²) in [5.41, 5.74) is 1.82. The van der Waals surface area contributed by atoms with Crippen LogP contribution in [0.2, 0.25) is 5.02 Å². The van der Waals surface area contributed by atoms with Gasteiger partial charge in [-0.3, -0.25) is 4.79 Å². The highest BCUT2D eigenvalue weighted by Gasteiger charge is 2.34. The van der Waals surface area contributed by atoms with E-state index in [2.05, 4.69) is 10.1 Å². The molecule has 6 nitrogen and oxygen atoms in total. The van der Waals surface area contributed by atoms with Crippen LogP contribution in [-0.2, 0) is 11.3 Å². The number of aromatic nitrogens is 2. The van der Waals surface area contributed by atoms with Gasteiger partial charge in [-0.05, 0) is 36.8 Å². The van der Waals surface area contributed by atoms with Crippen LogP contribution in [0.3, 0.4) is 0 Å². The number of benzene rings is 2. The number of amides is 1. The lowest BCUT2D eigenvalue weighted by atomic mass is 10.1. The highest BCUT2D eigenvalue weighted by molar-refractivity contribution is 6.30. The first kappa shape index (κ1) is 18.5. The van der Waals surface area contributed by atoms with Crippen molar-refractivity contribution in [3.63, 3.8) is 0 Å². The standard InChI is InChI=1S/C21H20ClN3O3/c1-2-27-18-8-4-6-15(10-18)20-23-21(28-24-20)16-11-19(26)25(13-16)12-14-5-3-7-17(22)9-14/h3-10,16H,2,11-13H2,1H3. The summed E-state index contributed by atoms with van der Waals surface area (Å²) in [6.45, 7) is 3.60. The third kappa shape index (κ3) is 4.02. The Balaban J connectivity index is 1.47. The average molecular weight is 398 g/mol. The third-order valence-electron chi connectivity index (χ3n) is 4.67. The summed E-state index contributed by atoms with van der Waals surface area (Å²) >= 11 is 6.04. The second-order valence-corrected chi connectivity index (χ2v) is 7.16. The van der Waals surface area contributed by atoms with Gasteiger partial charge in [-0.15, -0.1) is 0 Å². The molecule has 1 amide bonds. The van der Waals surface area contributed by atoms with Crippen molar-refractivity contribution in [3.05, 3.63) is 65.0 Å². The number of ether oxygens (including phenoxy) is 1. The average Bonchev–Trinajstić information content (AvgIpc) is 3.30. The molecule has 1 aliphatic rings. The Kier molecular flexibility index (Phi) is 5.30. The van der Waals surface area contributed by atoms with Crippen LogP contribution >= 0.6 is 11.6 Å². The minimum Gasteiger partial charge on any atom is -0.494 e. The van der Waals surface area contributed by atoms with Gasteiger partial charge in [0.1, 0.15) is 5.75 Å². The largest absolute Gasteiger partial charge is 0.494 e. The highest BCUT2D eigenvalue weighted by Crippen LogP contribution is 2.30. The van der Waals surface area contributed by atoms with Crippen LogP contribution in [-0.4, -0.2) is 34.1 Å². The fourth-order valence-electron chi connectivity index (χ4n) is 3.36. The molecule has 3 aromatic rings. The number of carbonyl (C=O) groups is 1.